The average molecular weight is 359 g/mol. The van der Waals surface area contributed by atoms with Crippen molar-refractivity contribution in [1.82, 2.24) is 0 Å². The van der Waals surface area contributed by atoms with Gasteiger partial charge in [-0.15, -0.1) is 11.8 Å². The van der Waals surface area contributed by atoms with Crippen LogP contribution in [0.25, 0.3) is 0 Å². The lowest BCUT2D eigenvalue weighted by molar-refractivity contribution is -0.121. The molecule has 1 aromatic carbocycles. The molecule has 25 heavy (non-hydrogen) atoms. The number of carbonyl (C=O) groups excluding carboxylic acids is 1. The van der Waals surface area contributed by atoms with E-state index in [1.54, 1.807) is 11.8 Å². The van der Waals surface area contributed by atoms with Crippen LogP contribution in [0.2, 0.25) is 0 Å². The average Bonchev–Trinajstić information content (AvgIpc) is 2.92. The fraction of sp³-hybridized carbons (Fsp3) is 0.591. The van der Waals surface area contributed by atoms with Gasteiger partial charge in [0.2, 0.25) is 0 Å². The van der Waals surface area contributed by atoms with E-state index in [1.165, 1.54) is 10.5 Å². The van der Waals surface area contributed by atoms with E-state index in [1.807, 2.05) is 6.07 Å². The third-order valence-electron chi connectivity index (χ3n) is 5.63. The number of Topliss-reactive ketones (excluding diaryl/α,β-unsaturated/α-hetero) is 1. The topological polar surface area (TPSA) is 26.3 Å². The van der Waals surface area contributed by atoms with Crippen LogP contribution in [0.4, 0.5) is 0 Å². The monoisotopic (exact) mass is 358 g/mol. The lowest BCUT2D eigenvalue weighted by Gasteiger charge is -2.42. The van der Waals surface area contributed by atoms with Gasteiger partial charge in [0.1, 0.15) is 0 Å². The maximum absolute atomic E-state index is 12.7. The first-order valence-electron chi connectivity index (χ1n) is 9.47. The Morgan fingerprint density at radius 1 is 1.20 bits per heavy atom. The number of fused-ring (bicyclic) bond motifs is 1. The number of carbonyl (C=O) groups is 1. The van der Waals surface area contributed by atoms with Gasteiger partial charge in [0.05, 0.1) is 11.7 Å². The molecule has 2 atom stereocenters. The largest absolute Gasteiger partial charge is 0.372 e. The van der Waals surface area contributed by atoms with Crippen molar-refractivity contribution in [3.8, 4) is 0 Å². The van der Waals surface area contributed by atoms with Crippen molar-refractivity contribution in [3.05, 3.63) is 41.5 Å². The van der Waals surface area contributed by atoms with Crippen LogP contribution in [0.1, 0.15) is 59.8 Å². The van der Waals surface area contributed by atoms with Crippen molar-refractivity contribution in [1.29, 1.82) is 0 Å². The summed E-state index contributed by atoms with van der Waals surface area (Å²) in [6.45, 7) is 8.68. The second-order valence-corrected chi connectivity index (χ2v) is 9.30. The Hall–Kier alpha value is -1.06. The molecule has 0 N–H and O–H groups in total. The number of ether oxygens (including phenoxy) is 1. The second kappa shape index (κ2) is 7.28. The summed E-state index contributed by atoms with van der Waals surface area (Å²) >= 11 is 1.78. The maximum atomic E-state index is 12.7. The standard InChI is InChI=1S/C22H30O2S/c1-5-22-14-13-19(23)17(15-25-16-9-7-6-8-10-16)18(22)11-12-20(22)24-21(2,3)4/h6-10,20H,5,11-15H2,1-4H3/t20-,22-/m0/s1. The summed E-state index contributed by atoms with van der Waals surface area (Å²) < 4.78 is 6.46. The van der Waals surface area contributed by atoms with E-state index in [9.17, 15) is 4.79 Å². The van der Waals surface area contributed by atoms with E-state index >= 15 is 0 Å². The van der Waals surface area contributed by atoms with Crippen molar-refractivity contribution < 1.29 is 9.53 Å². The molecule has 0 spiro atoms. The Kier molecular flexibility index (Phi) is 5.45. The quantitative estimate of drug-likeness (QED) is 0.621. The molecule has 0 saturated heterocycles. The zero-order chi connectivity index (χ0) is 18.1. The highest BCUT2D eigenvalue weighted by atomic mass is 32.2. The normalized spacial score (nSPS) is 26.9. The van der Waals surface area contributed by atoms with Gasteiger partial charge in [0.25, 0.3) is 0 Å². The third-order valence-corrected chi connectivity index (χ3v) is 6.66. The summed E-state index contributed by atoms with van der Waals surface area (Å²) in [7, 11) is 0. The molecule has 2 nitrogen and oxygen atoms in total. The van der Waals surface area contributed by atoms with Gasteiger partial charge in [0.15, 0.2) is 5.78 Å². The highest BCUT2D eigenvalue weighted by molar-refractivity contribution is 7.99. The summed E-state index contributed by atoms with van der Waals surface area (Å²) in [6.07, 6.45) is 5.01. The van der Waals surface area contributed by atoms with Gasteiger partial charge in [0, 0.05) is 28.1 Å². The summed E-state index contributed by atoms with van der Waals surface area (Å²) in [6, 6.07) is 10.4. The molecule has 3 heteroatoms. The van der Waals surface area contributed by atoms with Crippen molar-refractivity contribution in [2.75, 3.05) is 5.75 Å². The molecule has 0 radical (unpaired) electrons. The van der Waals surface area contributed by atoms with Gasteiger partial charge < -0.3 is 4.74 Å². The van der Waals surface area contributed by atoms with Crippen LogP contribution in [-0.2, 0) is 9.53 Å². The smallest absolute Gasteiger partial charge is 0.159 e. The van der Waals surface area contributed by atoms with Gasteiger partial charge in [-0.1, -0.05) is 30.7 Å². The van der Waals surface area contributed by atoms with Gasteiger partial charge in [-0.2, -0.15) is 0 Å². The number of ketones is 1. The van der Waals surface area contributed by atoms with E-state index in [4.69, 9.17) is 4.74 Å². The number of benzene rings is 1. The van der Waals surface area contributed by atoms with E-state index in [-0.39, 0.29) is 17.1 Å². The predicted octanol–water partition coefficient (Wildman–Crippen LogP) is 5.81. The highest BCUT2D eigenvalue weighted by Gasteiger charge is 2.50. The van der Waals surface area contributed by atoms with Crippen LogP contribution in [-0.4, -0.2) is 23.2 Å². The molecular weight excluding hydrogens is 328 g/mol. The molecule has 136 valence electrons. The zero-order valence-electron chi connectivity index (χ0n) is 15.9. The second-order valence-electron chi connectivity index (χ2n) is 8.25. The van der Waals surface area contributed by atoms with Crippen molar-refractivity contribution in [2.45, 2.75) is 76.4 Å². The Morgan fingerprint density at radius 2 is 1.92 bits per heavy atom. The number of thioether (sulfide) groups is 1. The fourth-order valence-electron chi connectivity index (χ4n) is 4.47. The molecule has 0 aromatic heterocycles. The number of hydrogen-bond acceptors (Lipinski definition) is 3. The van der Waals surface area contributed by atoms with Gasteiger partial charge >= 0.3 is 0 Å². The number of hydrogen-bond donors (Lipinski definition) is 0. The molecule has 1 saturated carbocycles. The zero-order valence-corrected chi connectivity index (χ0v) is 16.7. The summed E-state index contributed by atoms with van der Waals surface area (Å²) in [5.41, 5.74) is 2.43. The summed E-state index contributed by atoms with van der Waals surface area (Å²) in [5, 5.41) is 0. The minimum atomic E-state index is -0.136. The first kappa shape index (κ1) is 18.7. The first-order chi connectivity index (χ1) is 11.9. The van der Waals surface area contributed by atoms with E-state index in [2.05, 4.69) is 52.0 Å². The molecule has 0 amide bonds. The molecule has 2 aliphatic carbocycles. The molecule has 3 rings (SSSR count). The molecule has 0 aliphatic heterocycles. The SMILES string of the molecule is CC[C@]12CCC(=O)C(CSc3ccccc3)=C1CC[C@@H]2OC(C)(C)C. The van der Waals surface area contributed by atoms with Crippen LogP contribution in [0.5, 0.6) is 0 Å². The molecule has 1 aromatic rings. The third kappa shape index (κ3) is 3.88. The van der Waals surface area contributed by atoms with Crippen LogP contribution in [0, 0.1) is 5.41 Å². The minimum Gasteiger partial charge on any atom is -0.372 e. The molecule has 0 unspecified atom stereocenters. The highest BCUT2D eigenvalue weighted by Crippen LogP contribution is 2.55. The van der Waals surface area contributed by atoms with Crippen LogP contribution >= 0.6 is 11.8 Å². The fourth-order valence-corrected chi connectivity index (χ4v) is 5.47. The summed E-state index contributed by atoms with van der Waals surface area (Å²) in [4.78, 5) is 13.9. The Labute approximate surface area is 156 Å². The minimum absolute atomic E-state index is 0.0772. The maximum Gasteiger partial charge on any atom is 0.159 e. The van der Waals surface area contributed by atoms with Crippen LogP contribution in [0.15, 0.2) is 46.4 Å². The number of rotatable bonds is 5. The van der Waals surface area contributed by atoms with Crippen LogP contribution < -0.4 is 0 Å². The first-order valence-corrected chi connectivity index (χ1v) is 10.5. The van der Waals surface area contributed by atoms with Gasteiger partial charge in [-0.3, -0.25) is 4.79 Å². The summed E-state index contributed by atoms with van der Waals surface area (Å²) in [5.74, 6) is 1.15. The van der Waals surface area contributed by atoms with Gasteiger partial charge in [-0.05, 0) is 58.6 Å². The van der Waals surface area contributed by atoms with Crippen molar-refractivity contribution in [2.24, 2.45) is 5.41 Å². The lowest BCUT2D eigenvalue weighted by atomic mass is 9.68. The Bertz CT molecular complexity index is 656. The van der Waals surface area contributed by atoms with Crippen molar-refractivity contribution >= 4 is 17.5 Å². The molecular formula is C22H30O2S. The molecule has 1 fully saturated rings. The van der Waals surface area contributed by atoms with E-state index < -0.39 is 0 Å². The Morgan fingerprint density at radius 3 is 2.56 bits per heavy atom. The van der Waals surface area contributed by atoms with Gasteiger partial charge in [-0.25, -0.2) is 0 Å². The molecule has 0 bridgehead atoms. The van der Waals surface area contributed by atoms with E-state index in [0.29, 0.717) is 12.2 Å². The van der Waals surface area contributed by atoms with E-state index in [0.717, 1.165) is 37.0 Å². The molecule has 0 heterocycles. The predicted molar refractivity (Wildman–Crippen MR) is 105 cm³/mol. The Balaban J connectivity index is 1.88. The lowest BCUT2D eigenvalue weighted by Crippen LogP contribution is -2.41. The molecule has 2 aliphatic rings. The van der Waals surface area contributed by atoms with Crippen molar-refractivity contribution in [3.63, 3.8) is 0 Å². The van der Waals surface area contributed by atoms with Crippen LogP contribution in [0.3, 0.4) is 0 Å².